The Balaban J connectivity index is 2.13. The highest BCUT2D eigenvalue weighted by Gasteiger charge is 2.32. The number of hydrogen-bond donors (Lipinski definition) is 1. The molecule has 0 saturated carbocycles. The fourth-order valence-electron chi connectivity index (χ4n) is 3.36. The zero-order valence-electron chi connectivity index (χ0n) is 19.0. The lowest BCUT2D eigenvalue weighted by atomic mass is 9.86. The van der Waals surface area contributed by atoms with Gasteiger partial charge in [0.25, 0.3) is 0 Å². The minimum atomic E-state index is -3.81. The Morgan fingerprint density at radius 3 is 2.41 bits per heavy atom. The zero-order chi connectivity index (χ0) is 24.1. The van der Waals surface area contributed by atoms with Crippen LogP contribution in [0.5, 0.6) is 5.75 Å². The van der Waals surface area contributed by atoms with E-state index in [0.717, 1.165) is 21.9 Å². The number of hydrogen-bond acceptors (Lipinski definition) is 4. The molecule has 6 nitrogen and oxygen atoms in total. The van der Waals surface area contributed by atoms with E-state index in [1.807, 2.05) is 24.3 Å². The van der Waals surface area contributed by atoms with Crippen LogP contribution in [0.4, 0.5) is 5.69 Å². The topological polar surface area (TPSA) is 75.7 Å². The summed E-state index contributed by atoms with van der Waals surface area (Å²) in [7, 11) is -3.81. The average Bonchev–Trinajstić information content (AvgIpc) is 2.70. The summed E-state index contributed by atoms with van der Waals surface area (Å²) in [5.41, 5.74) is 1.15. The molecule has 1 atom stereocenters. The molecule has 1 amide bonds. The second-order valence-corrected chi connectivity index (χ2v) is 11.2. The lowest BCUT2D eigenvalue weighted by molar-refractivity contribution is -0.122. The van der Waals surface area contributed by atoms with E-state index in [-0.39, 0.29) is 35.7 Å². The van der Waals surface area contributed by atoms with Crippen LogP contribution in [-0.2, 0) is 20.2 Å². The van der Waals surface area contributed by atoms with Crippen LogP contribution in [0.2, 0.25) is 10.0 Å². The molecule has 176 valence electrons. The molecule has 0 saturated heterocycles. The van der Waals surface area contributed by atoms with Crippen LogP contribution in [0.1, 0.15) is 39.7 Å². The molecule has 0 spiro atoms. The standard InChI is InChI=1S/C23H30Cl2N2O4S/c1-6-19(27(32(5,29)30)20-15-16(24)11-12-18(20)25)22(28)26-13-14-31-21-10-8-7-9-17(21)23(2,3)4/h7-12,15,19H,6,13-14H2,1-5H3,(H,26,28). The average molecular weight is 501 g/mol. The summed E-state index contributed by atoms with van der Waals surface area (Å²) in [6, 6.07) is 11.3. The second kappa shape index (κ2) is 10.8. The Labute approximate surface area is 200 Å². The highest BCUT2D eigenvalue weighted by Crippen LogP contribution is 2.33. The molecule has 1 unspecified atom stereocenters. The smallest absolute Gasteiger partial charge is 0.244 e. The fraction of sp³-hybridized carbons (Fsp3) is 0.435. The van der Waals surface area contributed by atoms with Crippen molar-refractivity contribution in [3.8, 4) is 5.75 Å². The number of rotatable bonds is 9. The minimum absolute atomic E-state index is 0.0840. The first kappa shape index (κ1) is 26.3. The molecule has 0 aliphatic carbocycles. The largest absolute Gasteiger partial charge is 0.491 e. The number of ether oxygens (including phenoxy) is 1. The maximum absolute atomic E-state index is 12.9. The first-order valence-corrected chi connectivity index (χ1v) is 12.9. The summed E-state index contributed by atoms with van der Waals surface area (Å²) in [6.07, 6.45) is 1.28. The Hall–Kier alpha value is -1.96. The van der Waals surface area contributed by atoms with Crippen LogP contribution >= 0.6 is 23.2 Å². The molecule has 1 N–H and O–H groups in total. The number of para-hydroxylation sites is 1. The van der Waals surface area contributed by atoms with Crippen molar-refractivity contribution >= 4 is 44.8 Å². The number of sulfonamides is 1. The van der Waals surface area contributed by atoms with Gasteiger partial charge in [-0.2, -0.15) is 0 Å². The molecule has 0 fully saturated rings. The van der Waals surface area contributed by atoms with Crippen LogP contribution in [0, 0.1) is 0 Å². The quantitative estimate of drug-likeness (QED) is 0.489. The molecular weight excluding hydrogens is 471 g/mol. The van der Waals surface area contributed by atoms with E-state index < -0.39 is 22.0 Å². The first-order chi connectivity index (χ1) is 14.9. The van der Waals surface area contributed by atoms with E-state index in [0.29, 0.717) is 5.02 Å². The fourth-order valence-corrected chi connectivity index (χ4v) is 5.00. The first-order valence-electron chi connectivity index (χ1n) is 10.3. The van der Waals surface area contributed by atoms with Gasteiger partial charge in [0.05, 0.1) is 23.5 Å². The van der Waals surface area contributed by atoms with Gasteiger partial charge in [0.15, 0.2) is 0 Å². The number of carbonyl (C=O) groups excluding carboxylic acids is 1. The van der Waals surface area contributed by atoms with Gasteiger partial charge in [-0.05, 0) is 41.7 Å². The summed E-state index contributed by atoms with van der Waals surface area (Å²) in [5.74, 6) is 0.312. The number of nitrogens with zero attached hydrogens (tertiary/aromatic N) is 1. The molecular formula is C23H30Cl2N2O4S. The maximum Gasteiger partial charge on any atom is 0.244 e. The SMILES string of the molecule is CCC(C(=O)NCCOc1ccccc1C(C)(C)C)N(c1cc(Cl)ccc1Cl)S(C)(=O)=O. The summed E-state index contributed by atoms with van der Waals surface area (Å²) in [6.45, 7) is 8.49. The van der Waals surface area contributed by atoms with Crippen LogP contribution in [0.25, 0.3) is 0 Å². The van der Waals surface area contributed by atoms with Gasteiger partial charge in [0.1, 0.15) is 18.4 Å². The maximum atomic E-state index is 12.9. The van der Waals surface area contributed by atoms with Crippen LogP contribution in [0.15, 0.2) is 42.5 Å². The van der Waals surface area contributed by atoms with Gasteiger partial charge < -0.3 is 10.1 Å². The Morgan fingerprint density at radius 2 is 1.81 bits per heavy atom. The third kappa shape index (κ3) is 6.77. The van der Waals surface area contributed by atoms with Crippen molar-refractivity contribution in [1.29, 1.82) is 0 Å². The molecule has 2 aromatic rings. The highest BCUT2D eigenvalue weighted by atomic mass is 35.5. The van der Waals surface area contributed by atoms with E-state index >= 15 is 0 Å². The lowest BCUT2D eigenvalue weighted by Gasteiger charge is -2.30. The molecule has 32 heavy (non-hydrogen) atoms. The number of amides is 1. The summed E-state index contributed by atoms with van der Waals surface area (Å²) < 4.78 is 32.0. The van der Waals surface area contributed by atoms with Gasteiger partial charge in [-0.25, -0.2) is 8.42 Å². The van der Waals surface area contributed by atoms with Gasteiger partial charge >= 0.3 is 0 Å². The minimum Gasteiger partial charge on any atom is -0.491 e. The van der Waals surface area contributed by atoms with Crippen LogP contribution in [0.3, 0.4) is 0 Å². The molecule has 9 heteroatoms. The molecule has 0 heterocycles. The number of benzene rings is 2. The Morgan fingerprint density at radius 1 is 1.16 bits per heavy atom. The van der Waals surface area contributed by atoms with Gasteiger partial charge in [-0.3, -0.25) is 9.10 Å². The molecule has 2 rings (SSSR count). The summed E-state index contributed by atoms with van der Waals surface area (Å²) >= 11 is 12.3. The van der Waals surface area contributed by atoms with Gasteiger partial charge in [-0.1, -0.05) is 69.1 Å². The summed E-state index contributed by atoms with van der Waals surface area (Å²) in [4.78, 5) is 12.9. The molecule has 2 aromatic carbocycles. The van der Waals surface area contributed by atoms with Crippen molar-refractivity contribution in [2.75, 3.05) is 23.7 Å². The van der Waals surface area contributed by atoms with Crippen molar-refractivity contribution in [2.45, 2.75) is 45.6 Å². The van der Waals surface area contributed by atoms with Gasteiger partial charge in [0, 0.05) is 5.02 Å². The van der Waals surface area contributed by atoms with Gasteiger partial charge in [0.2, 0.25) is 15.9 Å². The van der Waals surface area contributed by atoms with Crippen molar-refractivity contribution in [3.63, 3.8) is 0 Å². The Bertz CT molecular complexity index is 1050. The van der Waals surface area contributed by atoms with Crippen molar-refractivity contribution in [3.05, 3.63) is 58.1 Å². The number of carbonyl (C=O) groups is 1. The van der Waals surface area contributed by atoms with Crippen molar-refractivity contribution in [2.24, 2.45) is 0 Å². The van der Waals surface area contributed by atoms with E-state index in [1.165, 1.54) is 12.1 Å². The number of halogens is 2. The van der Waals surface area contributed by atoms with Crippen molar-refractivity contribution in [1.82, 2.24) is 5.32 Å². The van der Waals surface area contributed by atoms with E-state index in [9.17, 15) is 13.2 Å². The highest BCUT2D eigenvalue weighted by molar-refractivity contribution is 7.92. The zero-order valence-corrected chi connectivity index (χ0v) is 21.3. The van der Waals surface area contributed by atoms with Crippen LogP contribution < -0.4 is 14.4 Å². The molecule has 0 aliphatic heterocycles. The molecule has 0 radical (unpaired) electrons. The molecule has 0 bridgehead atoms. The second-order valence-electron chi connectivity index (χ2n) is 8.46. The monoisotopic (exact) mass is 500 g/mol. The normalized spacial score (nSPS) is 12.8. The molecule has 0 aliphatic rings. The van der Waals surface area contributed by atoms with Crippen molar-refractivity contribution < 1.29 is 17.9 Å². The number of anilines is 1. The van der Waals surface area contributed by atoms with E-state index in [1.54, 1.807) is 13.0 Å². The Kier molecular flexibility index (Phi) is 8.85. The predicted octanol–water partition coefficient (Wildman–Crippen LogP) is 5.03. The van der Waals surface area contributed by atoms with Crippen LogP contribution in [-0.4, -0.2) is 39.8 Å². The third-order valence-corrected chi connectivity index (χ3v) is 6.55. The van der Waals surface area contributed by atoms with E-state index in [2.05, 4.69) is 26.1 Å². The molecule has 0 aromatic heterocycles. The van der Waals surface area contributed by atoms with Gasteiger partial charge in [-0.15, -0.1) is 0 Å². The van der Waals surface area contributed by atoms with E-state index in [4.69, 9.17) is 27.9 Å². The lowest BCUT2D eigenvalue weighted by Crippen LogP contribution is -2.50. The number of nitrogens with one attached hydrogen (secondary N) is 1. The summed E-state index contributed by atoms with van der Waals surface area (Å²) in [5, 5.41) is 3.28. The predicted molar refractivity (Wildman–Crippen MR) is 132 cm³/mol. The third-order valence-electron chi connectivity index (χ3n) is 4.83.